The van der Waals surface area contributed by atoms with Crippen LogP contribution in [0.5, 0.6) is 0 Å². The highest BCUT2D eigenvalue weighted by atomic mass is 16.4. The first-order valence-electron chi connectivity index (χ1n) is 9.22. The Labute approximate surface area is 165 Å². The van der Waals surface area contributed by atoms with Crippen molar-refractivity contribution < 1.29 is 19.8 Å². The lowest BCUT2D eigenvalue weighted by Gasteiger charge is -2.28. The van der Waals surface area contributed by atoms with Gasteiger partial charge < -0.3 is 15.5 Å². The molecule has 0 atom stereocenters. The van der Waals surface area contributed by atoms with E-state index in [9.17, 15) is 9.59 Å². The topological polar surface area (TPSA) is 89.9 Å². The molecule has 0 saturated carbocycles. The van der Waals surface area contributed by atoms with Crippen LogP contribution in [-0.4, -0.2) is 53.2 Å². The second-order valence-electron chi connectivity index (χ2n) is 6.47. The molecular weight excluding hydrogens is 356 g/mol. The van der Waals surface area contributed by atoms with Crippen molar-refractivity contribution in [2.75, 3.05) is 26.2 Å². The highest BCUT2D eigenvalue weighted by Crippen LogP contribution is 2.16. The Hall–Kier alpha value is -2.96. The van der Waals surface area contributed by atoms with Crippen LogP contribution in [0.15, 0.2) is 66.7 Å². The van der Waals surface area contributed by atoms with E-state index in [0.717, 1.165) is 39.1 Å². The fourth-order valence-electron chi connectivity index (χ4n) is 2.95. The number of nitrogens with zero attached hydrogens (tertiary/aromatic N) is 1. The largest absolute Gasteiger partial charge is 0.478 e. The molecule has 1 heterocycles. The molecule has 0 bridgehead atoms. The standard InChI is InChI=1S/C18H22N2.C4H4O4/c1-2-6-16(7-3-1)14-17-8-4-5-9-18(17)15-20-12-10-19-11-13-20;5-3(6)1-2-4(7)8/h1-9,19H,10-15H2;1-2H,(H,5,6)(H,7,8)/b;2-1+. The van der Waals surface area contributed by atoms with Gasteiger partial charge in [-0.15, -0.1) is 0 Å². The molecule has 2 aromatic carbocycles. The van der Waals surface area contributed by atoms with Gasteiger partial charge in [-0.3, -0.25) is 4.90 Å². The van der Waals surface area contributed by atoms with E-state index in [1.807, 2.05) is 0 Å². The van der Waals surface area contributed by atoms with Crippen LogP contribution < -0.4 is 5.32 Å². The summed E-state index contributed by atoms with van der Waals surface area (Å²) in [4.78, 5) is 21.6. The highest BCUT2D eigenvalue weighted by molar-refractivity contribution is 5.89. The summed E-state index contributed by atoms with van der Waals surface area (Å²) in [6.45, 7) is 5.60. The number of carboxylic acid groups (broad SMARTS) is 2. The summed E-state index contributed by atoms with van der Waals surface area (Å²) < 4.78 is 0. The first-order valence-corrected chi connectivity index (χ1v) is 9.22. The summed E-state index contributed by atoms with van der Waals surface area (Å²) >= 11 is 0. The van der Waals surface area contributed by atoms with Crippen LogP contribution in [0.1, 0.15) is 16.7 Å². The zero-order valence-electron chi connectivity index (χ0n) is 15.8. The molecule has 2 aromatic rings. The zero-order chi connectivity index (χ0) is 20.2. The first kappa shape index (κ1) is 21.3. The quantitative estimate of drug-likeness (QED) is 0.665. The summed E-state index contributed by atoms with van der Waals surface area (Å²) in [5.41, 5.74) is 4.32. The van der Waals surface area contributed by atoms with Gasteiger partial charge in [-0.05, 0) is 23.1 Å². The smallest absolute Gasteiger partial charge is 0.328 e. The number of carboxylic acids is 2. The van der Waals surface area contributed by atoms with Gasteiger partial charge in [0.05, 0.1) is 0 Å². The molecule has 1 aliphatic heterocycles. The van der Waals surface area contributed by atoms with Gasteiger partial charge in [0.15, 0.2) is 0 Å². The normalized spacial score (nSPS) is 14.3. The minimum Gasteiger partial charge on any atom is -0.478 e. The molecule has 0 aromatic heterocycles. The average Bonchev–Trinajstić information content (AvgIpc) is 2.70. The minimum absolute atomic E-state index is 0.558. The first-order chi connectivity index (χ1) is 13.5. The summed E-state index contributed by atoms with van der Waals surface area (Å²) in [6, 6.07) is 19.6. The highest BCUT2D eigenvalue weighted by Gasteiger charge is 2.12. The third-order valence-electron chi connectivity index (χ3n) is 4.33. The summed E-state index contributed by atoms with van der Waals surface area (Å²) in [5.74, 6) is -2.51. The monoisotopic (exact) mass is 382 g/mol. The van der Waals surface area contributed by atoms with Crippen LogP contribution in [-0.2, 0) is 22.6 Å². The second kappa shape index (κ2) is 11.7. The van der Waals surface area contributed by atoms with Crippen molar-refractivity contribution in [1.82, 2.24) is 10.2 Å². The molecule has 0 aliphatic carbocycles. The third kappa shape index (κ3) is 8.16. The van der Waals surface area contributed by atoms with Crippen molar-refractivity contribution in [2.24, 2.45) is 0 Å². The molecular formula is C22H26N2O4. The van der Waals surface area contributed by atoms with Crippen LogP contribution in [0.3, 0.4) is 0 Å². The number of carbonyl (C=O) groups is 2. The summed E-state index contributed by atoms with van der Waals surface area (Å²) in [5, 5.41) is 19.0. The molecule has 6 heteroatoms. The van der Waals surface area contributed by atoms with Gasteiger partial charge in [0.1, 0.15) is 0 Å². The lowest BCUT2D eigenvalue weighted by Crippen LogP contribution is -2.43. The van der Waals surface area contributed by atoms with Crippen molar-refractivity contribution >= 4 is 11.9 Å². The molecule has 1 saturated heterocycles. The predicted molar refractivity (Wildman–Crippen MR) is 108 cm³/mol. The number of rotatable bonds is 6. The maximum absolute atomic E-state index is 9.55. The van der Waals surface area contributed by atoms with Crippen LogP contribution in [0, 0.1) is 0 Å². The van der Waals surface area contributed by atoms with Crippen molar-refractivity contribution in [3.8, 4) is 0 Å². The molecule has 28 heavy (non-hydrogen) atoms. The number of hydrogen-bond acceptors (Lipinski definition) is 4. The fourth-order valence-corrected chi connectivity index (χ4v) is 2.95. The SMILES string of the molecule is O=C(O)/C=C/C(=O)O.c1ccc(Cc2ccccc2CN2CCNCC2)cc1. The Morgan fingerprint density at radius 1 is 0.857 bits per heavy atom. The van der Waals surface area contributed by atoms with Crippen LogP contribution in [0.2, 0.25) is 0 Å². The summed E-state index contributed by atoms with van der Waals surface area (Å²) in [7, 11) is 0. The Kier molecular flexibility index (Phi) is 8.91. The predicted octanol–water partition coefficient (Wildman–Crippen LogP) is 2.39. The van der Waals surface area contributed by atoms with Crippen molar-refractivity contribution in [3.05, 3.63) is 83.4 Å². The van der Waals surface area contributed by atoms with E-state index in [2.05, 4.69) is 64.8 Å². The van der Waals surface area contributed by atoms with E-state index in [4.69, 9.17) is 10.2 Å². The lowest BCUT2D eigenvalue weighted by molar-refractivity contribution is -0.134. The maximum atomic E-state index is 9.55. The fraction of sp³-hybridized carbons (Fsp3) is 0.273. The third-order valence-corrected chi connectivity index (χ3v) is 4.33. The number of piperazine rings is 1. The number of hydrogen-bond donors (Lipinski definition) is 3. The molecule has 1 aliphatic rings. The Bertz CT molecular complexity index is 768. The molecule has 0 unspecified atom stereocenters. The molecule has 1 fully saturated rings. The zero-order valence-corrected chi connectivity index (χ0v) is 15.8. The molecule has 0 spiro atoms. The van der Waals surface area contributed by atoms with E-state index in [-0.39, 0.29) is 0 Å². The number of benzene rings is 2. The van der Waals surface area contributed by atoms with Gasteiger partial charge in [-0.2, -0.15) is 0 Å². The summed E-state index contributed by atoms with van der Waals surface area (Å²) in [6.07, 6.45) is 2.15. The molecule has 3 N–H and O–H groups in total. The van der Waals surface area contributed by atoms with Gasteiger partial charge in [-0.25, -0.2) is 9.59 Å². The lowest BCUT2D eigenvalue weighted by atomic mass is 9.99. The van der Waals surface area contributed by atoms with E-state index in [0.29, 0.717) is 12.2 Å². The Morgan fingerprint density at radius 2 is 1.39 bits per heavy atom. The molecule has 6 nitrogen and oxygen atoms in total. The average molecular weight is 382 g/mol. The Morgan fingerprint density at radius 3 is 1.96 bits per heavy atom. The molecule has 0 radical (unpaired) electrons. The van der Waals surface area contributed by atoms with Crippen molar-refractivity contribution in [3.63, 3.8) is 0 Å². The van der Waals surface area contributed by atoms with E-state index in [1.165, 1.54) is 16.7 Å². The van der Waals surface area contributed by atoms with E-state index in [1.54, 1.807) is 0 Å². The maximum Gasteiger partial charge on any atom is 0.328 e. The van der Waals surface area contributed by atoms with Gasteiger partial charge in [0.2, 0.25) is 0 Å². The van der Waals surface area contributed by atoms with Crippen LogP contribution in [0.4, 0.5) is 0 Å². The Balaban J connectivity index is 0.000000300. The molecule has 3 rings (SSSR count). The van der Waals surface area contributed by atoms with Crippen LogP contribution >= 0.6 is 0 Å². The number of aliphatic carboxylic acids is 2. The molecule has 0 amide bonds. The number of nitrogens with one attached hydrogen (secondary N) is 1. The van der Waals surface area contributed by atoms with Crippen LogP contribution in [0.25, 0.3) is 0 Å². The second-order valence-corrected chi connectivity index (χ2v) is 6.47. The van der Waals surface area contributed by atoms with Gasteiger partial charge in [-0.1, -0.05) is 54.6 Å². The van der Waals surface area contributed by atoms with Crippen molar-refractivity contribution in [2.45, 2.75) is 13.0 Å². The molecule has 148 valence electrons. The van der Waals surface area contributed by atoms with Gasteiger partial charge in [0, 0.05) is 44.9 Å². The van der Waals surface area contributed by atoms with E-state index >= 15 is 0 Å². The van der Waals surface area contributed by atoms with Crippen molar-refractivity contribution in [1.29, 1.82) is 0 Å². The van der Waals surface area contributed by atoms with E-state index < -0.39 is 11.9 Å². The minimum atomic E-state index is -1.26. The van der Waals surface area contributed by atoms with Gasteiger partial charge in [0.25, 0.3) is 0 Å². The van der Waals surface area contributed by atoms with Gasteiger partial charge >= 0.3 is 11.9 Å².